The number of fused-ring (bicyclic) bond motifs is 3. The monoisotopic (exact) mass is 593 g/mol. The van der Waals surface area contributed by atoms with Gasteiger partial charge in [0.25, 0.3) is 0 Å². The van der Waals surface area contributed by atoms with Crippen molar-refractivity contribution >= 4 is 35.3 Å². The SMILES string of the molecule is [CH2]c1ccccc1CN(CC(=O)Nc1ccc2c(c1)CC1(C2)C(=O)Nc2ncccc21)C(=O)C1CCN(C(=O)N(C)C)CC1. The van der Waals surface area contributed by atoms with Crippen LogP contribution in [0, 0.1) is 12.8 Å². The first-order valence-electron chi connectivity index (χ1n) is 15.0. The van der Waals surface area contributed by atoms with Crippen LogP contribution in [0.3, 0.4) is 0 Å². The summed E-state index contributed by atoms with van der Waals surface area (Å²) in [5.74, 6) is -0.124. The summed E-state index contributed by atoms with van der Waals surface area (Å²) in [5.41, 5.74) is 4.59. The van der Waals surface area contributed by atoms with Crippen molar-refractivity contribution in [3.63, 3.8) is 0 Å². The number of nitrogens with zero attached hydrogens (tertiary/aromatic N) is 4. The summed E-state index contributed by atoms with van der Waals surface area (Å²) >= 11 is 0. The van der Waals surface area contributed by atoms with Gasteiger partial charge in [-0.1, -0.05) is 36.4 Å². The van der Waals surface area contributed by atoms with Gasteiger partial charge in [-0.2, -0.15) is 0 Å². The predicted molar refractivity (Wildman–Crippen MR) is 167 cm³/mol. The zero-order chi connectivity index (χ0) is 31.0. The van der Waals surface area contributed by atoms with Gasteiger partial charge in [-0.25, -0.2) is 9.78 Å². The van der Waals surface area contributed by atoms with Gasteiger partial charge < -0.3 is 25.3 Å². The minimum absolute atomic E-state index is 0.0512. The van der Waals surface area contributed by atoms with Crippen LogP contribution in [0.4, 0.5) is 16.3 Å². The molecule has 1 saturated heterocycles. The average molecular weight is 594 g/mol. The molecule has 3 aromatic rings. The van der Waals surface area contributed by atoms with Crippen LogP contribution in [-0.2, 0) is 39.2 Å². The van der Waals surface area contributed by atoms with E-state index in [1.807, 2.05) is 54.6 Å². The number of anilines is 2. The summed E-state index contributed by atoms with van der Waals surface area (Å²) in [4.78, 5) is 61.9. The molecule has 1 unspecified atom stereocenters. The van der Waals surface area contributed by atoms with E-state index in [4.69, 9.17) is 0 Å². The van der Waals surface area contributed by atoms with Crippen molar-refractivity contribution in [2.24, 2.45) is 5.92 Å². The molecule has 1 fully saturated rings. The number of benzene rings is 2. The van der Waals surface area contributed by atoms with Crippen LogP contribution in [0.1, 0.15) is 40.7 Å². The Labute approximate surface area is 257 Å². The second-order valence-electron chi connectivity index (χ2n) is 12.2. The zero-order valence-electron chi connectivity index (χ0n) is 25.1. The number of hydrogen-bond donors (Lipinski definition) is 2. The molecule has 5 amide bonds. The molecular formula is C34H37N6O4. The molecule has 10 heteroatoms. The first kappa shape index (κ1) is 29.3. The maximum Gasteiger partial charge on any atom is 0.319 e. The van der Waals surface area contributed by atoms with Gasteiger partial charge in [0.15, 0.2) is 0 Å². The fourth-order valence-electron chi connectivity index (χ4n) is 6.71. The molecule has 227 valence electrons. The Morgan fingerprint density at radius 3 is 2.55 bits per heavy atom. The van der Waals surface area contributed by atoms with Gasteiger partial charge in [0, 0.05) is 57.1 Å². The number of carbonyl (C=O) groups is 4. The number of urea groups is 1. The second-order valence-corrected chi connectivity index (χ2v) is 12.2. The van der Waals surface area contributed by atoms with Crippen molar-refractivity contribution in [3.8, 4) is 0 Å². The third-order valence-corrected chi connectivity index (χ3v) is 9.09. The maximum atomic E-state index is 13.8. The van der Waals surface area contributed by atoms with Crippen LogP contribution in [-0.4, -0.2) is 77.2 Å². The molecule has 6 rings (SSSR count). The normalized spacial score (nSPS) is 18.9. The average Bonchev–Trinajstić information content (AvgIpc) is 3.53. The van der Waals surface area contributed by atoms with Crippen molar-refractivity contribution in [1.82, 2.24) is 19.7 Å². The predicted octanol–water partition coefficient (Wildman–Crippen LogP) is 3.61. The summed E-state index contributed by atoms with van der Waals surface area (Å²) in [6.07, 6.45) is 3.86. The van der Waals surface area contributed by atoms with E-state index in [1.165, 1.54) is 0 Å². The van der Waals surface area contributed by atoms with Gasteiger partial charge in [-0.3, -0.25) is 14.4 Å². The molecule has 1 aromatic heterocycles. The second kappa shape index (κ2) is 11.7. The topological polar surface area (TPSA) is 115 Å². The van der Waals surface area contributed by atoms with E-state index < -0.39 is 5.41 Å². The molecule has 0 saturated carbocycles. The van der Waals surface area contributed by atoms with E-state index in [0.29, 0.717) is 50.3 Å². The largest absolute Gasteiger partial charge is 0.331 e. The fraction of sp³-hybridized carbons (Fsp3) is 0.353. The molecule has 3 aliphatic rings. The molecule has 1 aliphatic carbocycles. The Morgan fingerprint density at radius 1 is 1.05 bits per heavy atom. The summed E-state index contributed by atoms with van der Waals surface area (Å²) < 4.78 is 0. The smallest absolute Gasteiger partial charge is 0.319 e. The first-order valence-corrected chi connectivity index (χ1v) is 15.0. The lowest BCUT2D eigenvalue weighted by molar-refractivity contribution is -0.140. The van der Waals surface area contributed by atoms with Crippen LogP contribution in [0.15, 0.2) is 60.8 Å². The van der Waals surface area contributed by atoms with E-state index >= 15 is 0 Å². The molecule has 3 heterocycles. The summed E-state index contributed by atoms with van der Waals surface area (Å²) in [7, 11) is 3.44. The molecule has 2 aromatic carbocycles. The van der Waals surface area contributed by atoms with Gasteiger partial charge in [0.1, 0.15) is 12.4 Å². The molecule has 2 aliphatic heterocycles. The molecule has 10 nitrogen and oxygen atoms in total. The van der Waals surface area contributed by atoms with Crippen molar-refractivity contribution in [3.05, 3.63) is 95.5 Å². The number of nitrogens with one attached hydrogen (secondary N) is 2. The maximum absolute atomic E-state index is 13.8. The highest BCUT2D eigenvalue weighted by molar-refractivity contribution is 6.06. The van der Waals surface area contributed by atoms with Crippen molar-refractivity contribution in [1.29, 1.82) is 0 Å². The number of amides is 5. The lowest BCUT2D eigenvalue weighted by Crippen LogP contribution is -2.48. The number of likely N-dealkylation sites (tertiary alicyclic amines) is 1. The van der Waals surface area contributed by atoms with E-state index in [0.717, 1.165) is 27.8 Å². The lowest BCUT2D eigenvalue weighted by atomic mass is 9.79. The molecule has 1 radical (unpaired) electrons. The number of aromatic nitrogens is 1. The number of rotatable bonds is 6. The highest BCUT2D eigenvalue weighted by atomic mass is 16.2. The Balaban J connectivity index is 1.15. The lowest BCUT2D eigenvalue weighted by Gasteiger charge is -2.35. The van der Waals surface area contributed by atoms with Gasteiger partial charge in [0.05, 0.1) is 5.41 Å². The van der Waals surface area contributed by atoms with Crippen LogP contribution < -0.4 is 10.6 Å². The van der Waals surface area contributed by atoms with Crippen LogP contribution in [0.25, 0.3) is 0 Å². The number of piperidine rings is 1. The fourth-order valence-corrected chi connectivity index (χ4v) is 6.71. The molecule has 44 heavy (non-hydrogen) atoms. The standard InChI is InChI=1S/C34H37N6O4/c1-22-7-4-5-8-25(22)20-40(31(42)23-12-15-39(16-13-23)33(44)38(2)3)21-29(41)36-27-11-10-24-18-34(19-26(24)17-27)28-9-6-14-35-30(28)37-32(34)43/h4-11,14,17,23H,1,12-13,15-16,18-21H2,2-3H3,(H,36,41)(H,35,37,43). The van der Waals surface area contributed by atoms with Gasteiger partial charge in [-0.15, -0.1) is 0 Å². The highest BCUT2D eigenvalue weighted by Gasteiger charge is 2.51. The number of carbonyl (C=O) groups excluding carboxylic acids is 4. The quantitative estimate of drug-likeness (QED) is 0.453. The summed E-state index contributed by atoms with van der Waals surface area (Å²) in [6, 6.07) is 17.1. The van der Waals surface area contributed by atoms with Crippen LogP contribution in [0.2, 0.25) is 0 Å². The van der Waals surface area contributed by atoms with Crippen molar-refractivity contribution in [2.45, 2.75) is 37.6 Å². The molecule has 1 spiro atoms. The molecule has 2 N–H and O–H groups in total. The third-order valence-electron chi connectivity index (χ3n) is 9.09. The van der Waals surface area contributed by atoms with E-state index in [1.54, 1.807) is 35.0 Å². The summed E-state index contributed by atoms with van der Waals surface area (Å²) in [6.45, 7) is 5.23. The Morgan fingerprint density at radius 2 is 1.80 bits per heavy atom. The Hall–Kier alpha value is -4.73. The van der Waals surface area contributed by atoms with Crippen molar-refractivity contribution < 1.29 is 19.2 Å². The minimum atomic E-state index is -0.688. The van der Waals surface area contributed by atoms with Gasteiger partial charge >= 0.3 is 6.03 Å². The van der Waals surface area contributed by atoms with E-state index in [-0.39, 0.29) is 42.8 Å². The highest BCUT2D eigenvalue weighted by Crippen LogP contribution is 2.47. The van der Waals surface area contributed by atoms with E-state index in [9.17, 15) is 19.2 Å². The molecule has 1 atom stereocenters. The minimum Gasteiger partial charge on any atom is -0.331 e. The van der Waals surface area contributed by atoms with Crippen molar-refractivity contribution in [2.75, 3.05) is 44.4 Å². The van der Waals surface area contributed by atoms with Gasteiger partial charge in [0.2, 0.25) is 17.7 Å². The first-order chi connectivity index (χ1) is 21.1. The molecule has 0 bridgehead atoms. The zero-order valence-corrected chi connectivity index (χ0v) is 25.1. The number of hydrogen-bond acceptors (Lipinski definition) is 5. The number of pyridine rings is 1. The van der Waals surface area contributed by atoms with Crippen LogP contribution >= 0.6 is 0 Å². The van der Waals surface area contributed by atoms with Gasteiger partial charge in [-0.05, 0) is 73.1 Å². The molecular weight excluding hydrogens is 556 g/mol. The van der Waals surface area contributed by atoms with E-state index in [2.05, 4.69) is 22.5 Å². The third kappa shape index (κ3) is 5.52. The summed E-state index contributed by atoms with van der Waals surface area (Å²) in [5, 5.41) is 5.91. The Kier molecular flexibility index (Phi) is 7.84. The Bertz CT molecular complexity index is 1630. The van der Waals surface area contributed by atoms with Crippen LogP contribution in [0.5, 0.6) is 0 Å².